The van der Waals surface area contributed by atoms with Crippen LogP contribution >= 0.6 is 0 Å². The monoisotopic (exact) mass is 179 g/mol. The predicted molar refractivity (Wildman–Crippen MR) is 53.4 cm³/mol. The molecule has 1 aromatic rings. The van der Waals surface area contributed by atoms with Gasteiger partial charge in [0.1, 0.15) is 5.69 Å². The van der Waals surface area contributed by atoms with Gasteiger partial charge in [-0.15, -0.1) is 0 Å². The van der Waals surface area contributed by atoms with Gasteiger partial charge in [0, 0.05) is 17.9 Å². The van der Waals surface area contributed by atoms with E-state index in [1.54, 1.807) is 0 Å². The van der Waals surface area contributed by atoms with Crippen molar-refractivity contribution < 1.29 is 4.68 Å². The van der Waals surface area contributed by atoms with Gasteiger partial charge in [0.05, 0.1) is 0 Å². The van der Waals surface area contributed by atoms with Crippen LogP contribution in [0.15, 0.2) is 18.3 Å². The Bertz CT molecular complexity index is 267. The van der Waals surface area contributed by atoms with Crippen LogP contribution in [0.5, 0.6) is 0 Å². The first kappa shape index (κ1) is 10.2. The van der Waals surface area contributed by atoms with E-state index < -0.39 is 0 Å². The Kier molecular flexibility index (Phi) is 3.40. The molecule has 2 heteroatoms. The zero-order valence-electron chi connectivity index (χ0n) is 8.99. The molecule has 1 aromatic heterocycles. The van der Waals surface area contributed by atoms with Crippen LogP contribution in [-0.2, 0) is 6.54 Å². The first-order valence-corrected chi connectivity index (χ1v) is 4.96. The molecule has 0 fully saturated rings. The summed E-state index contributed by atoms with van der Waals surface area (Å²) in [6, 6.07) is 4.16. The lowest BCUT2D eigenvalue weighted by molar-refractivity contribution is -0.759. The Labute approximate surface area is 80.6 Å². The molecule has 0 atom stereocenters. The SMILES string of the molecule is CC(C)C[n+]1cccc(C(C)C)n1. The van der Waals surface area contributed by atoms with Gasteiger partial charge in [-0.05, 0) is 11.2 Å². The summed E-state index contributed by atoms with van der Waals surface area (Å²) in [4.78, 5) is 0. The van der Waals surface area contributed by atoms with E-state index in [1.807, 2.05) is 10.9 Å². The third-order valence-corrected chi connectivity index (χ3v) is 1.91. The fourth-order valence-electron chi connectivity index (χ4n) is 1.24. The topological polar surface area (TPSA) is 16.8 Å². The van der Waals surface area contributed by atoms with E-state index in [9.17, 15) is 0 Å². The van der Waals surface area contributed by atoms with Crippen molar-refractivity contribution in [3.8, 4) is 0 Å². The number of aromatic nitrogens is 2. The van der Waals surface area contributed by atoms with Gasteiger partial charge in [-0.2, -0.15) is 0 Å². The number of hydrogen-bond donors (Lipinski definition) is 0. The molecule has 1 rings (SSSR count). The second kappa shape index (κ2) is 4.35. The Morgan fingerprint density at radius 3 is 2.54 bits per heavy atom. The molecule has 0 unspecified atom stereocenters. The molecule has 0 bridgehead atoms. The van der Waals surface area contributed by atoms with Crippen molar-refractivity contribution in [1.29, 1.82) is 0 Å². The zero-order chi connectivity index (χ0) is 9.84. The average Bonchev–Trinajstić information content (AvgIpc) is 2.03. The van der Waals surface area contributed by atoms with Gasteiger partial charge in [-0.25, -0.2) is 0 Å². The molecular formula is C11H19N2+. The summed E-state index contributed by atoms with van der Waals surface area (Å²) in [7, 11) is 0. The molecule has 72 valence electrons. The van der Waals surface area contributed by atoms with Crippen LogP contribution < -0.4 is 4.68 Å². The normalized spacial score (nSPS) is 11.2. The predicted octanol–water partition coefficient (Wildman–Crippen LogP) is 2.15. The average molecular weight is 179 g/mol. The molecule has 2 nitrogen and oxygen atoms in total. The molecule has 0 spiro atoms. The third kappa shape index (κ3) is 3.13. The standard InChI is InChI=1S/C11H19N2/c1-9(2)8-13-7-5-6-11(12-13)10(3)4/h5-7,9-10H,8H2,1-4H3/q+1. The minimum atomic E-state index is 0.514. The van der Waals surface area contributed by atoms with Crippen molar-refractivity contribution in [1.82, 2.24) is 5.10 Å². The molecule has 0 saturated carbocycles. The van der Waals surface area contributed by atoms with Gasteiger partial charge < -0.3 is 0 Å². The maximum Gasteiger partial charge on any atom is 0.196 e. The summed E-state index contributed by atoms with van der Waals surface area (Å²) < 4.78 is 2.03. The van der Waals surface area contributed by atoms with Crippen LogP contribution in [0.3, 0.4) is 0 Å². The van der Waals surface area contributed by atoms with Crippen molar-refractivity contribution in [2.24, 2.45) is 5.92 Å². The minimum Gasteiger partial charge on any atom is -0.0908 e. The van der Waals surface area contributed by atoms with Gasteiger partial charge in [-0.3, -0.25) is 0 Å². The van der Waals surface area contributed by atoms with E-state index in [4.69, 9.17) is 0 Å². The maximum atomic E-state index is 4.53. The van der Waals surface area contributed by atoms with Crippen LogP contribution in [0.25, 0.3) is 0 Å². The molecule has 0 N–H and O–H groups in total. The Hall–Kier alpha value is -0.920. The van der Waals surface area contributed by atoms with Gasteiger partial charge in [0.15, 0.2) is 12.7 Å². The molecule has 0 aliphatic carbocycles. The zero-order valence-corrected chi connectivity index (χ0v) is 8.99. The third-order valence-electron chi connectivity index (χ3n) is 1.91. The van der Waals surface area contributed by atoms with Crippen molar-refractivity contribution >= 4 is 0 Å². The summed E-state index contributed by atoms with van der Waals surface area (Å²) in [6.45, 7) is 9.75. The quantitative estimate of drug-likeness (QED) is 0.650. The molecule has 0 saturated heterocycles. The summed E-state index contributed by atoms with van der Waals surface area (Å²) in [5, 5.41) is 4.53. The van der Waals surface area contributed by atoms with Crippen LogP contribution in [0.2, 0.25) is 0 Å². The lowest BCUT2D eigenvalue weighted by Gasteiger charge is -2.02. The molecule has 0 radical (unpaired) electrons. The fraction of sp³-hybridized carbons (Fsp3) is 0.636. The first-order valence-electron chi connectivity index (χ1n) is 4.96. The minimum absolute atomic E-state index is 0.514. The number of rotatable bonds is 3. The second-order valence-electron chi connectivity index (χ2n) is 4.20. The Balaban J connectivity index is 2.79. The van der Waals surface area contributed by atoms with Gasteiger partial charge in [0.25, 0.3) is 0 Å². The summed E-state index contributed by atoms with van der Waals surface area (Å²) in [6.07, 6.45) is 2.03. The van der Waals surface area contributed by atoms with Crippen molar-refractivity contribution in [2.45, 2.75) is 40.2 Å². The highest BCUT2D eigenvalue weighted by molar-refractivity contribution is 5.01. The maximum absolute atomic E-state index is 4.53. The highest BCUT2D eigenvalue weighted by Gasteiger charge is 2.09. The Morgan fingerprint density at radius 2 is 2.00 bits per heavy atom. The summed E-state index contributed by atoms with van der Waals surface area (Å²) in [5.41, 5.74) is 1.17. The summed E-state index contributed by atoms with van der Waals surface area (Å²) >= 11 is 0. The lowest BCUT2D eigenvalue weighted by atomic mass is 10.1. The second-order valence-corrected chi connectivity index (χ2v) is 4.20. The van der Waals surface area contributed by atoms with Crippen molar-refractivity contribution in [2.75, 3.05) is 0 Å². The van der Waals surface area contributed by atoms with Gasteiger partial charge >= 0.3 is 0 Å². The van der Waals surface area contributed by atoms with Gasteiger partial charge in [0.2, 0.25) is 0 Å². The molecule has 0 aromatic carbocycles. The summed E-state index contributed by atoms with van der Waals surface area (Å²) in [5.74, 6) is 1.17. The molecule has 0 aliphatic rings. The van der Waals surface area contributed by atoms with Crippen molar-refractivity contribution in [3.63, 3.8) is 0 Å². The highest BCUT2D eigenvalue weighted by Crippen LogP contribution is 2.07. The van der Waals surface area contributed by atoms with Crippen LogP contribution in [0, 0.1) is 5.92 Å². The smallest absolute Gasteiger partial charge is 0.0908 e. The molecule has 0 amide bonds. The number of hydrogen-bond acceptors (Lipinski definition) is 1. The van der Waals surface area contributed by atoms with Crippen molar-refractivity contribution in [3.05, 3.63) is 24.0 Å². The largest absolute Gasteiger partial charge is 0.196 e. The fourth-order valence-corrected chi connectivity index (χ4v) is 1.24. The van der Waals surface area contributed by atoms with E-state index >= 15 is 0 Å². The molecular weight excluding hydrogens is 160 g/mol. The number of nitrogens with zero attached hydrogens (tertiary/aromatic N) is 2. The first-order chi connectivity index (χ1) is 6.09. The van der Waals surface area contributed by atoms with E-state index in [2.05, 4.69) is 44.9 Å². The van der Waals surface area contributed by atoms with E-state index in [0.29, 0.717) is 11.8 Å². The molecule has 13 heavy (non-hydrogen) atoms. The van der Waals surface area contributed by atoms with E-state index in [0.717, 1.165) is 6.54 Å². The van der Waals surface area contributed by atoms with Crippen LogP contribution in [-0.4, -0.2) is 5.10 Å². The van der Waals surface area contributed by atoms with Crippen LogP contribution in [0.1, 0.15) is 39.3 Å². The molecule has 0 aliphatic heterocycles. The van der Waals surface area contributed by atoms with Crippen LogP contribution in [0.4, 0.5) is 0 Å². The van der Waals surface area contributed by atoms with Gasteiger partial charge in [-0.1, -0.05) is 32.4 Å². The van der Waals surface area contributed by atoms with E-state index in [-0.39, 0.29) is 0 Å². The lowest BCUT2D eigenvalue weighted by Crippen LogP contribution is -2.40. The highest BCUT2D eigenvalue weighted by atomic mass is 15.3. The molecule has 1 heterocycles. The Morgan fingerprint density at radius 1 is 1.31 bits per heavy atom. The van der Waals surface area contributed by atoms with E-state index in [1.165, 1.54) is 5.69 Å².